The number of aromatic nitrogens is 1. The molecule has 144 valence electrons. The van der Waals surface area contributed by atoms with Crippen LogP contribution in [0.4, 0.5) is 5.69 Å². The van der Waals surface area contributed by atoms with Crippen molar-refractivity contribution in [3.63, 3.8) is 0 Å². The molecule has 0 saturated carbocycles. The monoisotopic (exact) mass is 396 g/mol. The van der Waals surface area contributed by atoms with Crippen molar-refractivity contribution in [3.8, 4) is 0 Å². The molecule has 2 aliphatic heterocycles. The van der Waals surface area contributed by atoms with Crippen LogP contribution >= 0.6 is 11.8 Å². The number of carboxylic acid groups (broad SMARTS) is 1. The van der Waals surface area contributed by atoms with Crippen molar-refractivity contribution < 1.29 is 24.4 Å². The van der Waals surface area contributed by atoms with Gasteiger partial charge in [0.2, 0.25) is 11.8 Å². The Hall–Kier alpha value is -2.89. The van der Waals surface area contributed by atoms with Crippen molar-refractivity contribution in [2.24, 2.45) is 0 Å². The zero-order valence-corrected chi connectivity index (χ0v) is 15.1. The number of pyridine rings is 1. The molecule has 11 nitrogen and oxygen atoms in total. The van der Waals surface area contributed by atoms with Crippen molar-refractivity contribution in [2.75, 3.05) is 0 Å². The van der Waals surface area contributed by atoms with E-state index in [-0.39, 0.29) is 5.69 Å². The molecule has 0 spiro atoms. The molecule has 2 fully saturated rings. The fourth-order valence-electron chi connectivity index (χ4n) is 3.27. The molecule has 2 amide bonds. The quantitative estimate of drug-likeness (QED) is 0.380. The summed E-state index contributed by atoms with van der Waals surface area (Å²) in [5.74, 6) is -2.30. The van der Waals surface area contributed by atoms with Crippen molar-refractivity contribution in [1.29, 1.82) is 0 Å². The van der Waals surface area contributed by atoms with E-state index in [9.17, 15) is 34.4 Å². The number of aliphatic carboxylic acids is 1. The Morgan fingerprint density at radius 3 is 2.63 bits per heavy atom. The number of fused-ring (bicyclic) bond motifs is 1. The first-order chi connectivity index (χ1) is 12.5. The largest absolute Gasteiger partial charge is 0.480 e. The van der Waals surface area contributed by atoms with Crippen LogP contribution in [0.2, 0.25) is 0 Å². The predicted octanol–water partition coefficient (Wildman–Crippen LogP) is -0.612. The molecule has 1 aromatic heterocycles. The fraction of sp³-hybridized carbons (Fsp3) is 0.467. The van der Waals surface area contributed by atoms with E-state index in [1.807, 2.05) is 0 Å². The summed E-state index contributed by atoms with van der Waals surface area (Å²) in [6.45, 7) is 2.93. The third-order valence-electron chi connectivity index (χ3n) is 4.48. The number of β-lactam (4-membered cyclic amide) rings is 1. The van der Waals surface area contributed by atoms with E-state index in [1.54, 1.807) is 13.8 Å². The lowest BCUT2D eigenvalue weighted by atomic mass is 9.96. The molecule has 0 aliphatic carbocycles. The van der Waals surface area contributed by atoms with Gasteiger partial charge in [-0.3, -0.25) is 29.1 Å². The summed E-state index contributed by atoms with van der Waals surface area (Å²) in [5, 5.41) is 22.1. The maximum absolute atomic E-state index is 12.3. The number of thioether (sulfide) groups is 1. The molecule has 2 saturated heterocycles. The fourth-order valence-corrected chi connectivity index (χ4v) is 4.89. The number of carboxylic acids is 1. The van der Waals surface area contributed by atoms with Crippen LogP contribution in [0, 0.1) is 10.1 Å². The topological polar surface area (TPSA) is 152 Å². The lowest BCUT2D eigenvalue weighted by Gasteiger charge is -2.43. The molecule has 3 rings (SSSR count). The van der Waals surface area contributed by atoms with Crippen LogP contribution < -0.4 is 10.9 Å². The van der Waals surface area contributed by atoms with Crippen molar-refractivity contribution >= 4 is 35.2 Å². The van der Waals surface area contributed by atoms with E-state index in [2.05, 4.69) is 5.32 Å². The average molecular weight is 396 g/mol. The molecule has 27 heavy (non-hydrogen) atoms. The molecule has 0 aromatic carbocycles. The van der Waals surface area contributed by atoms with Gasteiger partial charge in [-0.15, -0.1) is 11.8 Å². The van der Waals surface area contributed by atoms with Gasteiger partial charge in [0.1, 0.15) is 24.0 Å². The third kappa shape index (κ3) is 3.16. The summed E-state index contributed by atoms with van der Waals surface area (Å²) >= 11 is 1.28. The highest BCUT2D eigenvalue weighted by Gasteiger charge is 2.64. The molecule has 2 N–H and O–H groups in total. The minimum atomic E-state index is -1.11. The molecule has 3 atom stereocenters. The van der Waals surface area contributed by atoms with E-state index >= 15 is 0 Å². The first kappa shape index (κ1) is 18.9. The number of nitro groups is 1. The Kier molecular flexibility index (Phi) is 4.46. The van der Waals surface area contributed by atoms with Crippen LogP contribution in [0.5, 0.6) is 0 Å². The van der Waals surface area contributed by atoms with Gasteiger partial charge in [-0.05, 0) is 13.8 Å². The smallest absolute Gasteiger partial charge is 0.327 e. The van der Waals surface area contributed by atoms with Crippen LogP contribution in [0.3, 0.4) is 0 Å². The Morgan fingerprint density at radius 2 is 2.04 bits per heavy atom. The van der Waals surface area contributed by atoms with Gasteiger partial charge < -0.3 is 15.3 Å². The lowest BCUT2D eigenvalue weighted by molar-refractivity contribution is -0.385. The SMILES string of the molecule is CC1(C)S[C@@H]2[C@H](NC(=O)Cn3cc([N+](=O)[O-])ccc3=O)C(=O)N2[C@H]1C(=O)O. The summed E-state index contributed by atoms with van der Waals surface area (Å²) in [7, 11) is 0. The average Bonchev–Trinajstić information content (AvgIpc) is 2.82. The summed E-state index contributed by atoms with van der Waals surface area (Å²) in [6, 6.07) is 0.120. The van der Waals surface area contributed by atoms with Crippen LogP contribution in [-0.4, -0.2) is 59.5 Å². The molecule has 0 radical (unpaired) electrons. The van der Waals surface area contributed by atoms with Gasteiger partial charge in [0.15, 0.2) is 0 Å². The molecular formula is C15H16N4O7S. The van der Waals surface area contributed by atoms with Gasteiger partial charge in [-0.1, -0.05) is 0 Å². The minimum Gasteiger partial charge on any atom is -0.480 e. The summed E-state index contributed by atoms with van der Waals surface area (Å²) in [5.41, 5.74) is -0.940. The second kappa shape index (κ2) is 6.37. The lowest BCUT2D eigenvalue weighted by Crippen LogP contribution is -2.70. The molecule has 2 aliphatic rings. The maximum Gasteiger partial charge on any atom is 0.327 e. The second-order valence-electron chi connectivity index (χ2n) is 6.75. The van der Waals surface area contributed by atoms with Gasteiger partial charge in [-0.25, -0.2) is 4.79 Å². The number of amides is 2. The highest BCUT2D eigenvalue weighted by molar-refractivity contribution is 8.01. The Labute approximate surface area is 156 Å². The third-order valence-corrected chi connectivity index (χ3v) is 6.06. The Balaban J connectivity index is 1.71. The number of carbonyl (C=O) groups excluding carboxylic acids is 2. The molecule has 3 heterocycles. The second-order valence-corrected chi connectivity index (χ2v) is 8.52. The first-order valence-electron chi connectivity index (χ1n) is 7.90. The number of hydrogen-bond acceptors (Lipinski definition) is 7. The van der Waals surface area contributed by atoms with Gasteiger partial charge in [-0.2, -0.15) is 0 Å². The summed E-state index contributed by atoms with van der Waals surface area (Å²) in [4.78, 5) is 59.1. The van der Waals surface area contributed by atoms with Gasteiger partial charge in [0.25, 0.3) is 11.2 Å². The highest BCUT2D eigenvalue weighted by Crippen LogP contribution is 2.50. The zero-order chi connectivity index (χ0) is 20.1. The van der Waals surface area contributed by atoms with Crippen molar-refractivity contribution in [2.45, 2.75) is 42.6 Å². The molecule has 0 unspecified atom stereocenters. The Morgan fingerprint density at radius 1 is 1.37 bits per heavy atom. The zero-order valence-electron chi connectivity index (χ0n) is 14.3. The standard InChI is InChI=1S/C15H16N4O7S/c1-15(2)11(14(23)24)18-12(22)10(13(18)27-15)16-8(20)6-17-5-7(19(25)26)3-4-9(17)21/h3-5,10-11,13H,6H2,1-2H3,(H,16,20)(H,23,24)/t10-,11+,13-/m1/s1. The number of nitrogens with one attached hydrogen (secondary N) is 1. The van der Waals surface area contributed by atoms with Crippen LogP contribution in [0.15, 0.2) is 23.1 Å². The summed E-state index contributed by atoms with van der Waals surface area (Å²) < 4.78 is 0.156. The number of nitrogens with zero attached hydrogens (tertiary/aromatic N) is 3. The van der Waals surface area contributed by atoms with Crippen LogP contribution in [-0.2, 0) is 20.9 Å². The molecule has 12 heteroatoms. The normalized spacial score (nSPS) is 25.5. The number of carbonyl (C=O) groups is 3. The van der Waals surface area contributed by atoms with Gasteiger partial charge in [0, 0.05) is 16.9 Å². The van der Waals surface area contributed by atoms with E-state index < -0.39 is 57.0 Å². The van der Waals surface area contributed by atoms with E-state index in [0.29, 0.717) is 0 Å². The molecule has 0 bridgehead atoms. The summed E-state index contributed by atoms with van der Waals surface area (Å²) in [6.07, 6.45) is 0.949. The van der Waals surface area contributed by atoms with Crippen molar-refractivity contribution in [1.82, 2.24) is 14.8 Å². The predicted molar refractivity (Wildman–Crippen MR) is 93.0 cm³/mol. The minimum absolute atomic E-state index is 0.342. The number of hydrogen-bond donors (Lipinski definition) is 2. The van der Waals surface area contributed by atoms with E-state index in [1.165, 1.54) is 16.7 Å². The van der Waals surface area contributed by atoms with E-state index in [4.69, 9.17) is 0 Å². The van der Waals surface area contributed by atoms with Crippen LogP contribution in [0.1, 0.15) is 13.8 Å². The van der Waals surface area contributed by atoms with Crippen LogP contribution in [0.25, 0.3) is 0 Å². The molecule has 1 aromatic rings. The highest BCUT2D eigenvalue weighted by atomic mass is 32.2. The number of rotatable bonds is 5. The van der Waals surface area contributed by atoms with E-state index in [0.717, 1.165) is 22.9 Å². The van der Waals surface area contributed by atoms with Gasteiger partial charge >= 0.3 is 5.97 Å². The van der Waals surface area contributed by atoms with Gasteiger partial charge in [0.05, 0.1) is 11.1 Å². The maximum atomic E-state index is 12.3. The Bertz CT molecular complexity index is 912. The molecular weight excluding hydrogens is 380 g/mol. The first-order valence-corrected chi connectivity index (χ1v) is 8.78. The van der Waals surface area contributed by atoms with Crippen molar-refractivity contribution in [3.05, 3.63) is 38.8 Å².